The molecule has 0 amide bonds. The van der Waals surface area contributed by atoms with Gasteiger partial charge in [-0.15, -0.1) is 0 Å². The van der Waals surface area contributed by atoms with E-state index in [1.165, 1.54) is 24.1 Å². The largest absolute Gasteiger partial charge is 0.495 e. The predicted molar refractivity (Wildman–Crippen MR) is 87.2 cm³/mol. The van der Waals surface area contributed by atoms with Crippen LogP contribution in [0.4, 0.5) is 5.69 Å². The number of nitrogens with zero attached hydrogens (tertiary/aromatic N) is 1. The molecule has 0 atom stereocenters. The lowest BCUT2D eigenvalue weighted by molar-refractivity contribution is 0.199. The number of hydrogen-bond donors (Lipinski definition) is 1. The Morgan fingerprint density at radius 2 is 2.00 bits per heavy atom. The third-order valence-corrected chi connectivity index (χ3v) is 4.18. The molecule has 0 radical (unpaired) electrons. The van der Waals surface area contributed by atoms with Gasteiger partial charge in [0.15, 0.2) is 0 Å². The van der Waals surface area contributed by atoms with Crippen LogP contribution in [0.3, 0.4) is 0 Å². The summed E-state index contributed by atoms with van der Waals surface area (Å²) < 4.78 is 10.6. The molecule has 21 heavy (non-hydrogen) atoms. The van der Waals surface area contributed by atoms with Crippen LogP contribution < -0.4 is 15.0 Å². The van der Waals surface area contributed by atoms with Crippen LogP contribution in [-0.4, -0.2) is 40.5 Å². The summed E-state index contributed by atoms with van der Waals surface area (Å²) in [7, 11) is 3.48. The van der Waals surface area contributed by atoms with Crippen LogP contribution in [0.15, 0.2) is 18.2 Å². The van der Waals surface area contributed by atoms with Gasteiger partial charge in [0.05, 0.1) is 19.4 Å². The van der Waals surface area contributed by atoms with Crippen LogP contribution in [0.5, 0.6) is 5.75 Å². The fourth-order valence-electron chi connectivity index (χ4n) is 2.75. The molecule has 0 unspecified atom stereocenters. The zero-order valence-corrected chi connectivity index (χ0v) is 13.5. The Balaban J connectivity index is 1.99. The van der Waals surface area contributed by atoms with Crippen LogP contribution >= 0.6 is 0 Å². The minimum Gasteiger partial charge on any atom is -0.495 e. The summed E-state index contributed by atoms with van der Waals surface area (Å²) in [6, 6.07) is 6.53. The van der Waals surface area contributed by atoms with E-state index in [0.717, 1.165) is 44.5 Å². The van der Waals surface area contributed by atoms with E-state index in [9.17, 15) is 0 Å². The Labute approximate surface area is 128 Å². The average Bonchev–Trinajstić information content (AvgIpc) is 2.52. The van der Waals surface area contributed by atoms with Gasteiger partial charge in [0.2, 0.25) is 0 Å². The molecule has 1 aromatic rings. The molecule has 4 nitrogen and oxygen atoms in total. The van der Waals surface area contributed by atoms with Crippen LogP contribution in [0, 0.1) is 5.92 Å². The van der Waals surface area contributed by atoms with Crippen molar-refractivity contribution in [2.75, 3.05) is 45.4 Å². The van der Waals surface area contributed by atoms with E-state index in [2.05, 4.69) is 35.3 Å². The molecule has 1 saturated heterocycles. The second-order valence-corrected chi connectivity index (χ2v) is 5.85. The number of hydrogen-bond acceptors (Lipinski definition) is 4. The van der Waals surface area contributed by atoms with Gasteiger partial charge in [0.1, 0.15) is 5.75 Å². The summed E-state index contributed by atoms with van der Waals surface area (Å²) in [6.45, 7) is 7.04. The fourth-order valence-corrected chi connectivity index (χ4v) is 2.75. The predicted octanol–water partition coefficient (Wildman–Crippen LogP) is 2.67. The van der Waals surface area contributed by atoms with Crippen molar-refractivity contribution in [3.63, 3.8) is 0 Å². The maximum atomic E-state index is 5.60. The van der Waals surface area contributed by atoms with Crippen molar-refractivity contribution >= 4 is 5.69 Å². The molecule has 2 rings (SSSR count). The minimum absolute atomic E-state index is 0.737. The summed E-state index contributed by atoms with van der Waals surface area (Å²) in [4.78, 5) is 2.45. The van der Waals surface area contributed by atoms with Crippen LogP contribution in [-0.2, 0) is 11.3 Å². The molecule has 1 aliphatic heterocycles. The number of rotatable bonds is 7. The normalized spacial score (nSPS) is 16.2. The number of anilines is 1. The van der Waals surface area contributed by atoms with Gasteiger partial charge in [-0.1, -0.05) is 13.0 Å². The maximum Gasteiger partial charge on any atom is 0.142 e. The van der Waals surface area contributed by atoms with Gasteiger partial charge < -0.3 is 19.7 Å². The van der Waals surface area contributed by atoms with Crippen LogP contribution in [0.25, 0.3) is 0 Å². The van der Waals surface area contributed by atoms with Crippen molar-refractivity contribution in [1.82, 2.24) is 5.32 Å². The highest BCUT2D eigenvalue weighted by Gasteiger charge is 2.18. The summed E-state index contributed by atoms with van der Waals surface area (Å²) in [5.41, 5.74) is 2.47. The number of methoxy groups -OCH3 is 2. The first kappa shape index (κ1) is 16.1. The van der Waals surface area contributed by atoms with E-state index in [1.807, 2.05) is 0 Å². The van der Waals surface area contributed by atoms with E-state index in [4.69, 9.17) is 9.47 Å². The van der Waals surface area contributed by atoms with Gasteiger partial charge in [0.25, 0.3) is 0 Å². The summed E-state index contributed by atoms with van der Waals surface area (Å²) in [6.07, 6.45) is 2.53. The molecule has 4 heteroatoms. The molecule has 0 bridgehead atoms. The molecule has 1 aromatic carbocycles. The van der Waals surface area contributed by atoms with Gasteiger partial charge in [-0.05, 0) is 36.5 Å². The lowest BCUT2D eigenvalue weighted by Gasteiger charge is -2.33. The average molecular weight is 292 g/mol. The Kier molecular flexibility index (Phi) is 6.33. The Morgan fingerprint density at radius 1 is 1.24 bits per heavy atom. The summed E-state index contributed by atoms with van der Waals surface area (Å²) >= 11 is 0. The number of ether oxygens (including phenoxy) is 2. The quantitative estimate of drug-likeness (QED) is 0.783. The van der Waals surface area contributed by atoms with E-state index in [-0.39, 0.29) is 0 Å². The van der Waals surface area contributed by atoms with E-state index in [1.54, 1.807) is 14.2 Å². The lowest BCUT2D eigenvalue weighted by atomic mass is 9.98. The van der Waals surface area contributed by atoms with Gasteiger partial charge >= 0.3 is 0 Å². The second kappa shape index (κ2) is 8.25. The SMILES string of the molecule is COCCNCc1ccc(N2CCC(C)CC2)c(OC)c1. The lowest BCUT2D eigenvalue weighted by Crippen LogP contribution is -2.33. The Morgan fingerprint density at radius 3 is 2.67 bits per heavy atom. The van der Waals surface area contributed by atoms with Crippen molar-refractivity contribution in [3.8, 4) is 5.75 Å². The van der Waals surface area contributed by atoms with Gasteiger partial charge in [0, 0.05) is 33.3 Å². The number of nitrogens with one attached hydrogen (secondary N) is 1. The first-order valence-corrected chi connectivity index (χ1v) is 7.86. The Bertz CT molecular complexity index is 429. The standard InChI is InChI=1S/C17H28N2O2/c1-14-6-9-19(10-7-14)16-5-4-15(12-17(16)21-3)13-18-8-11-20-2/h4-5,12,14,18H,6-11,13H2,1-3H3. The van der Waals surface area contributed by atoms with Crippen LogP contribution in [0.2, 0.25) is 0 Å². The number of piperidine rings is 1. The number of benzene rings is 1. The van der Waals surface area contributed by atoms with Crippen molar-refractivity contribution in [3.05, 3.63) is 23.8 Å². The minimum atomic E-state index is 0.737. The highest BCUT2D eigenvalue weighted by Crippen LogP contribution is 2.32. The van der Waals surface area contributed by atoms with E-state index >= 15 is 0 Å². The van der Waals surface area contributed by atoms with Crippen LogP contribution in [0.1, 0.15) is 25.3 Å². The first-order chi connectivity index (χ1) is 10.2. The monoisotopic (exact) mass is 292 g/mol. The fraction of sp³-hybridized carbons (Fsp3) is 0.647. The van der Waals surface area contributed by atoms with Crippen molar-refractivity contribution in [2.24, 2.45) is 5.92 Å². The first-order valence-electron chi connectivity index (χ1n) is 7.86. The highest BCUT2D eigenvalue weighted by atomic mass is 16.5. The smallest absolute Gasteiger partial charge is 0.142 e. The topological polar surface area (TPSA) is 33.7 Å². The molecule has 0 aromatic heterocycles. The summed E-state index contributed by atoms with van der Waals surface area (Å²) in [5, 5.41) is 3.36. The maximum absolute atomic E-state index is 5.60. The van der Waals surface area contributed by atoms with Crippen molar-refractivity contribution in [1.29, 1.82) is 0 Å². The third-order valence-electron chi connectivity index (χ3n) is 4.18. The zero-order valence-electron chi connectivity index (χ0n) is 13.5. The molecular formula is C17H28N2O2. The van der Waals surface area contributed by atoms with E-state index < -0.39 is 0 Å². The molecule has 118 valence electrons. The molecule has 0 saturated carbocycles. The zero-order chi connectivity index (χ0) is 15.1. The molecule has 1 heterocycles. The van der Waals surface area contributed by atoms with E-state index in [0.29, 0.717) is 0 Å². The Hall–Kier alpha value is -1.26. The molecule has 0 aliphatic carbocycles. The van der Waals surface area contributed by atoms with Gasteiger partial charge in [-0.3, -0.25) is 0 Å². The third kappa shape index (κ3) is 4.61. The second-order valence-electron chi connectivity index (χ2n) is 5.85. The van der Waals surface area contributed by atoms with Crippen molar-refractivity contribution < 1.29 is 9.47 Å². The van der Waals surface area contributed by atoms with Crippen molar-refractivity contribution in [2.45, 2.75) is 26.3 Å². The molecule has 1 fully saturated rings. The van der Waals surface area contributed by atoms with Gasteiger partial charge in [-0.25, -0.2) is 0 Å². The summed E-state index contributed by atoms with van der Waals surface area (Å²) in [5.74, 6) is 1.83. The molecular weight excluding hydrogens is 264 g/mol. The molecule has 1 aliphatic rings. The molecule has 0 spiro atoms. The molecule has 1 N–H and O–H groups in total. The highest BCUT2D eigenvalue weighted by molar-refractivity contribution is 5.60. The van der Waals surface area contributed by atoms with Gasteiger partial charge in [-0.2, -0.15) is 0 Å².